The molecular weight excluding hydrogens is 384 g/mol. The van der Waals surface area contributed by atoms with Gasteiger partial charge in [-0.15, -0.1) is 5.10 Å². The summed E-state index contributed by atoms with van der Waals surface area (Å²) in [4.78, 5) is 17.0. The van der Waals surface area contributed by atoms with E-state index >= 15 is 0 Å². The molecular formula is C22H26N4O2S. The molecule has 1 aromatic heterocycles. The Morgan fingerprint density at radius 3 is 2.55 bits per heavy atom. The van der Waals surface area contributed by atoms with Crippen LogP contribution in [0, 0.1) is 0 Å². The fourth-order valence-electron chi connectivity index (χ4n) is 2.98. The van der Waals surface area contributed by atoms with Crippen molar-refractivity contribution in [3.05, 3.63) is 60.2 Å². The standard InChI is InChI=1S/C22H26N4O2S/c1-4-16(17-8-6-5-7-9-17)14-23-21(27)15(2)29-22-24-20(25-26-22)18-10-12-19(28-3)13-11-18/h5-13,15-16H,4,14H2,1-3H3,(H,23,27)(H,24,25,26)/t15-,16-/m0/s1. The fraction of sp³-hybridized carbons (Fsp3) is 0.318. The van der Waals surface area contributed by atoms with Crippen molar-refractivity contribution in [2.75, 3.05) is 13.7 Å². The summed E-state index contributed by atoms with van der Waals surface area (Å²) in [5.74, 6) is 1.75. The predicted molar refractivity (Wildman–Crippen MR) is 116 cm³/mol. The van der Waals surface area contributed by atoms with Crippen LogP contribution in [-0.4, -0.2) is 40.0 Å². The summed E-state index contributed by atoms with van der Waals surface area (Å²) in [7, 11) is 1.63. The number of ether oxygens (including phenoxy) is 1. The zero-order valence-corrected chi connectivity index (χ0v) is 17.7. The van der Waals surface area contributed by atoms with Crippen molar-refractivity contribution in [2.24, 2.45) is 0 Å². The van der Waals surface area contributed by atoms with Crippen LogP contribution >= 0.6 is 11.8 Å². The molecule has 0 bridgehead atoms. The van der Waals surface area contributed by atoms with Gasteiger partial charge in [0.1, 0.15) is 5.75 Å². The third kappa shape index (κ3) is 5.60. The van der Waals surface area contributed by atoms with Gasteiger partial charge in [0.25, 0.3) is 0 Å². The minimum Gasteiger partial charge on any atom is -0.497 e. The van der Waals surface area contributed by atoms with Crippen LogP contribution in [0.4, 0.5) is 0 Å². The van der Waals surface area contributed by atoms with Gasteiger partial charge in [0, 0.05) is 18.0 Å². The molecule has 0 saturated heterocycles. The van der Waals surface area contributed by atoms with Crippen LogP contribution in [-0.2, 0) is 4.79 Å². The third-order valence-corrected chi connectivity index (χ3v) is 5.73. The van der Waals surface area contributed by atoms with E-state index in [1.165, 1.54) is 17.3 Å². The van der Waals surface area contributed by atoms with Crippen molar-refractivity contribution in [3.8, 4) is 17.1 Å². The van der Waals surface area contributed by atoms with E-state index in [1.807, 2.05) is 49.4 Å². The molecule has 0 saturated carbocycles. The number of hydrogen-bond donors (Lipinski definition) is 2. The molecule has 3 rings (SSSR count). The minimum atomic E-state index is -0.289. The number of aromatic amines is 1. The highest BCUT2D eigenvalue weighted by Gasteiger charge is 2.19. The van der Waals surface area contributed by atoms with E-state index in [1.54, 1.807) is 7.11 Å². The molecule has 1 amide bonds. The van der Waals surface area contributed by atoms with Crippen molar-refractivity contribution >= 4 is 17.7 Å². The lowest BCUT2D eigenvalue weighted by molar-refractivity contribution is -0.120. The largest absolute Gasteiger partial charge is 0.497 e. The van der Waals surface area contributed by atoms with E-state index in [4.69, 9.17) is 4.74 Å². The predicted octanol–water partition coefficient (Wildman–Crippen LogP) is 4.27. The maximum Gasteiger partial charge on any atom is 0.233 e. The maximum atomic E-state index is 12.5. The minimum absolute atomic E-state index is 0.0137. The van der Waals surface area contributed by atoms with E-state index in [0.29, 0.717) is 23.4 Å². The Hall–Kier alpha value is -2.80. The lowest BCUT2D eigenvalue weighted by Gasteiger charge is -2.17. The van der Waals surface area contributed by atoms with Gasteiger partial charge in [0.05, 0.1) is 12.4 Å². The van der Waals surface area contributed by atoms with Crippen LogP contribution in [0.25, 0.3) is 11.4 Å². The summed E-state index contributed by atoms with van der Waals surface area (Å²) >= 11 is 1.34. The number of nitrogens with one attached hydrogen (secondary N) is 2. The molecule has 2 N–H and O–H groups in total. The van der Waals surface area contributed by atoms with Crippen LogP contribution in [0.2, 0.25) is 0 Å². The van der Waals surface area contributed by atoms with Gasteiger partial charge in [-0.2, -0.15) is 0 Å². The van der Waals surface area contributed by atoms with Gasteiger partial charge in [-0.3, -0.25) is 9.89 Å². The van der Waals surface area contributed by atoms with Crippen molar-refractivity contribution in [1.82, 2.24) is 20.5 Å². The number of benzene rings is 2. The quantitative estimate of drug-likeness (QED) is 0.515. The molecule has 6 nitrogen and oxygen atoms in total. The van der Waals surface area contributed by atoms with Gasteiger partial charge < -0.3 is 10.1 Å². The highest BCUT2D eigenvalue weighted by molar-refractivity contribution is 8.00. The van der Waals surface area contributed by atoms with Crippen LogP contribution < -0.4 is 10.1 Å². The summed E-state index contributed by atoms with van der Waals surface area (Å²) < 4.78 is 5.17. The third-order valence-electron chi connectivity index (χ3n) is 4.77. The Balaban J connectivity index is 1.55. The second-order valence-electron chi connectivity index (χ2n) is 6.72. The number of H-pyrrole nitrogens is 1. The highest BCUT2D eigenvalue weighted by Crippen LogP contribution is 2.24. The van der Waals surface area contributed by atoms with Crippen LogP contribution in [0.1, 0.15) is 31.7 Å². The molecule has 0 aliphatic carbocycles. The van der Waals surface area contributed by atoms with E-state index in [-0.39, 0.29) is 11.2 Å². The first-order chi connectivity index (χ1) is 14.1. The molecule has 2 atom stereocenters. The summed E-state index contributed by atoms with van der Waals surface area (Å²) in [6.45, 7) is 4.62. The lowest BCUT2D eigenvalue weighted by Crippen LogP contribution is -2.34. The normalized spacial score (nSPS) is 12.9. The number of thioether (sulfide) groups is 1. The Morgan fingerprint density at radius 1 is 1.17 bits per heavy atom. The summed E-state index contributed by atoms with van der Waals surface area (Å²) in [6.07, 6.45) is 0.970. The molecule has 0 spiro atoms. The Kier molecular flexibility index (Phi) is 7.30. The van der Waals surface area contributed by atoms with Crippen molar-refractivity contribution < 1.29 is 9.53 Å². The van der Waals surface area contributed by atoms with Crippen LogP contribution in [0.15, 0.2) is 59.8 Å². The Morgan fingerprint density at radius 2 is 1.90 bits per heavy atom. The molecule has 0 aliphatic rings. The van der Waals surface area contributed by atoms with Crippen molar-refractivity contribution in [2.45, 2.75) is 36.6 Å². The van der Waals surface area contributed by atoms with Gasteiger partial charge in [-0.25, -0.2) is 4.98 Å². The number of nitrogens with zero attached hydrogens (tertiary/aromatic N) is 2. The zero-order valence-electron chi connectivity index (χ0n) is 16.9. The molecule has 3 aromatic rings. The van der Waals surface area contributed by atoms with Crippen molar-refractivity contribution in [3.63, 3.8) is 0 Å². The summed E-state index contributed by atoms with van der Waals surface area (Å²) in [5, 5.41) is 10.5. The molecule has 29 heavy (non-hydrogen) atoms. The first kappa shape index (κ1) is 20.9. The summed E-state index contributed by atoms with van der Waals surface area (Å²) in [6, 6.07) is 17.8. The number of carbonyl (C=O) groups excluding carboxylic acids is 1. The smallest absolute Gasteiger partial charge is 0.233 e. The molecule has 0 radical (unpaired) electrons. The SMILES string of the molecule is CC[C@@H](CNC(=O)[C@H](C)Sc1n[nH]c(-c2ccc(OC)cc2)n1)c1ccccc1. The molecule has 7 heteroatoms. The van der Waals surface area contributed by atoms with E-state index in [2.05, 4.69) is 39.6 Å². The second-order valence-corrected chi connectivity index (χ2v) is 8.02. The monoisotopic (exact) mass is 410 g/mol. The van der Waals surface area contributed by atoms with Gasteiger partial charge in [-0.1, -0.05) is 49.0 Å². The number of methoxy groups -OCH3 is 1. The van der Waals surface area contributed by atoms with E-state index < -0.39 is 0 Å². The average molecular weight is 411 g/mol. The van der Waals surface area contributed by atoms with Gasteiger partial charge in [0.2, 0.25) is 11.1 Å². The first-order valence-electron chi connectivity index (χ1n) is 9.66. The molecule has 2 aromatic carbocycles. The molecule has 0 fully saturated rings. The number of amides is 1. The number of aromatic nitrogens is 3. The topological polar surface area (TPSA) is 79.9 Å². The van der Waals surface area contributed by atoms with Gasteiger partial charge >= 0.3 is 0 Å². The maximum absolute atomic E-state index is 12.5. The van der Waals surface area contributed by atoms with Gasteiger partial charge in [0.15, 0.2) is 5.82 Å². The van der Waals surface area contributed by atoms with E-state index in [9.17, 15) is 4.79 Å². The molecule has 0 unspecified atom stereocenters. The number of rotatable bonds is 9. The molecule has 152 valence electrons. The highest BCUT2D eigenvalue weighted by atomic mass is 32.2. The zero-order chi connectivity index (χ0) is 20.6. The van der Waals surface area contributed by atoms with Crippen LogP contribution in [0.3, 0.4) is 0 Å². The number of hydrogen-bond acceptors (Lipinski definition) is 5. The number of carbonyl (C=O) groups is 1. The van der Waals surface area contributed by atoms with Gasteiger partial charge in [-0.05, 0) is 43.2 Å². The molecule has 0 aliphatic heterocycles. The molecule has 1 heterocycles. The summed E-state index contributed by atoms with van der Waals surface area (Å²) in [5.41, 5.74) is 2.16. The Labute approximate surface area is 175 Å². The average Bonchev–Trinajstić information content (AvgIpc) is 3.23. The van der Waals surface area contributed by atoms with E-state index in [0.717, 1.165) is 17.7 Å². The fourth-order valence-corrected chi connectivity index (χ4v) is 3.73. The second kappa shape index (κ2) is 10.1. The van der Waals surface area contributed by atoms with Crippen LogP contribution in [0.5, 0.6) is 5.75 Å². The Bertz CT molecular complexity index is 912. The van der Waals surface area contributed by atoms with Crippen molar-refractivity contribution in [1.29, 1.82) is 0 Å². The lowest BCUT2D eigenvalue weighted by atomic mass is 9.96. The first-order valence-corrected chi connectivity index (χ1v) is 10.5.